The summed E-state index contributed by atoms with van der Waals surface area (Å²) < 4.78 is 5.65. The zero-order valence-corrected chi connectivity index (χ0v) is 13.7. The first-order valence-electron chi connectivity index (χ1n) is 8.85. The van der Waals surface area contributed by atoms with Crippen LogP contribution in [0.4, 0.5) is 0 Å². The lowest BCUT2D eigenvalue weighted by atomic mass is 10.1. The predicted molar refractivity (Wildman–Crippen MR) is 89.1 cm³/mol. The van der Waals surface area contributed by atoms with E-state index in [9.17, 15) is 0 Å². The van der Waals surface area contributed by atoms with Crippen LogP contribution in [0.1, 0.15) is 84.5 Å². The molecular weight excluding hydrogens is 244 g/mol. The lowest BCUT2D eigenvalue weighted by Gasteiger charge is -1.95. The molecule has 0 aromatic rings. The Labute approximate surface area is 126 Å². The molecule has 0 N–H and O–H groups in total. The van der Waals surface area contributed by atoms with Crippen LogP contribution in [0.15, 0.2) is 24.3 Å². The average molecular weight is 278 g/mol. The van der Waals surface area contributed by atoms with E-state index < -0.39 is 0 Å². The standard InChI is InChI=1S/C19H34O/c1-3-5-7-9-11-13-15-17-19-18(20-19)16-14-12-10-8-6-4-2/h12,14-15,17-19H,3-11,13,16H2,1-2H3/b14-12-,17-15+. The zero-order valence-electron chi connectivity index (χ0n) is 13.7. The van der Waals surface area contributed by atoms with E-state index in [1.165, 1.54) is 64.2 Å². The third-order valence-electron chi connectivity index (χ3n) is 3.93. The molecule has 116 valence electrons. The van der Waals surface area contributed by atoms with Crippen LogP contribution in [0.25, 0.3) is 0 Å². The molecule has 1 saturated heterocycles. The smallest absolute Gasteiger partial charge is 0.103 e. The highest BCUT2D eigenvalue weighted by molar-refractivity contribution is 5.05. The van der Waals surface area contributed by atoms with Gasteiger partial charge in [0.1, 0.15) is 6.10 Å². The summed E-state index contributed by atoms with van der Waals surface area (Å²) >= 11 is 0. The van der Waals surface area contributed by atoms with Crippen molar-refractivity contribution in [2.24, 2.45) is 0 Å². The number of ether oxygens (including phenoxy) is 1. The number of epoxide rings is 1. The number of hydrogen-bond donors (Lipinski definition) is 0. The largest absolute Gasteiger partial charge is 0.365 e. The molecule has 1 heteroatoms. The van der Waals surface area contributed by atoms with Crippen LogP contribution in [-0.2, 0) is 4.74 Å². The molecule has 0 bridgehead atoms. The normalized spacial score (nSPS) is 22.1. The Bertz CT molecular complexity index is 267. The Hall–Kier alpha value is -0.560. The molecule has 20 heavy (non-hydrogen) atoms. The van der Waals surface area contributed by atoms with Gasteiger partial charge in [0.2, 0.25) is 0 Å². The van der Waals surface area contributed by atoms with Gasteiger partial charge in [0.25, 0.3) is 0 Å². The molecule has 0 aromatic heterocycles. The average Bonchev–Trinajstić information content (AvgIpc) is 3.20. The maximum absolute atomic E-state index is 5.65. The molecule has 1 aliphatic heterocycles. The van der Waals surface area contributed by atoms with E-state index in [4.69, 9.17) is 4.74 Å². The van der Waals surface area contributed by atoms with Gasteiger partial charge in [0.15, 0.2) is 0 Å². The quantitative estimate of drug-likeness (QED) is 0.222. The number of unbranched alkanes of at least 4 members (excludes halogenated alkanes) is 8. The Morgan fingerprint density at radius 2 is 1.40 bits per heavy atom. The minimum absolute atomic E-state index is 0.408. The van der Waals surface area contributed by atoms with Gasteiger partial charge in [-0.05, 0) is 32.1 Å². The molecule has 1 heterocycles. The fourth-order valence-electron chi connectivity index (χ4n) is 2.47. The summed E-state index contributed by atoms with van der Waals surface area (Å²) in [6.45, 7) is 4.52. The van der Waals surface area contributed by atoms with Gasteiger partial charge in [-0.3, -0.25) is 0 Å². The molecule has 0 radical (unpaired) electrons. The van der Waals surface area contributed by atoms with Crippen molar-refractivity contribution < 1.29 is 4.74 Å². The molecule has 0 amide bonds. The van der Waals surface area contributed by atoms with Crippen LogP contribution in [0, 0.1) is 0 Å². The second kappa shape index (κ2) is 12.2. The van der Waals surface area contributed by atoms with Crippen molar-refractivity contribution in [1.82, 2.24) is 0 Å². The van der Waals surface area contributed by atoms with E-state index in [0.717, 1.165) is 6.42 Å². The third kappa shape index (κ3) is 9.36. The van der Waals surface area contributed by atoms with Crippen molar-refractivity contribution in [3.63, 3.8) is 0 Å². The van der Waals surface area contributed by atoms with Crippen LogP contribution in [-0.4, -0.2) is 12.2 Å². The Morgan fingerprint density at radius 1 is 0.750 bits per heavy atom. The van der Waals surface area contributed by atoms with Gasteiger partial charge in [-0.1, -0.05) is 76.7 Å². The molecule has 0 aromatic carbocycles. The Kier molecular flexibility index (Phi) is 10.7. The highest BCUT2D eigenvalue weighted by atomic mass is 16.6. The Morgan fingerprint density at radius 3 is 2.20 bits per heavy atom. The van der Waals surface area contributed by atoms with Crippen LogP contribution < -0.4 is 0 Å². The van der Waals surface area contributed by atoms with Crippen molar-refractivity contribution in [2.45, 2.75) is 96.7 Å². The SMILES string of the molecule is CCCCC/C=C\CC1OC1/C=C/CCCCCCC. The number of rotatable bonds is 13. The maximum Gasteiger partial charge on any atom is 0.103 e. The molecule has 0 aliphatic carbocycles. The molecule has 1 fully saturated rings. The van der Waals surface area contributed by atoms with E-state index in [0.29, 0.717) is 12.2 Å². The van der Waals surface area contributed by atoms with Crippen molar-refractivity contribution in [2.75, 3.05) is 0 Å². The van der Waals surface area contributed by atoms with Gasteiger partial charge < -0.3 is 4.74 Å². The molecular formula is C19H34O. The number of hydrogen-bond acceptors (Lipinski definition) is 1. The fraction of sp³-hybridized carbons (Fsp3) is 0.789. The van der Waals surface area contributed by atoms with Gasteiger partial charge in [0.05, 0.1) is 6.10 Å². The van der Waals surface area contributed by atoms with E-state index in [-0.39, 0.29) is 0 Å². The van der Waals surface area contributed by atoms with Crippen LogP contribution >= 0.6 is 0 Å². The molecule has 1 nitrogen and oxygen atoms in total. The zero-order chi connectivity index (χ0) is 14.5. The summed E-state index contributed by atoms with van der Waals surface area (Å²) in [5.74, 6) is 0. The molecule has 1 aliphatic rings. The first-order valence-corrected chi connectivity index (χ1v) is 8.85. The number of allylic oxidation sites excluding steroid dienone is 2. The summed E-state index contributed by atoms with van der Waals surface area (Å²) in [5.41, 5.74) is 0. The minimum Gasteiger partial charge on any atom is -0.365 e. The van der Waals surface area contributed by atoms with E-state index >= 15 is 0 Å². The van der Waals surface area contributed by atoms with Crippen LogP contribution in [0.5, 0.6) is 0 Å². The van der Waals surface area contributed by atoms with Gasteiger partial charge in [-0.2, -0.15) is 0 Å². The summed E-state index contributed by atoms with van der Waals surface area (Å²) in [5, 5.41) is 0. The second-order valence-corrected chi connectivity index (χ2v) is 5.97. The molecule has 1 rings (SSSR count). The summed E-state index contributed by atoms with van der Waals surface area (Å²) in [4.78, 5) is 0. The molecule has 2 unspecified atom stereocenters. The van der Waals surface area contributed by atoms with E-state index in [1.807, 2.05) is 0 Å². The van der Waals surface area contributed by atoms with Crippen molar-refractivity contribution in [3.8, 4) is 0 Å². The molecule has 0 saturated carbocycles. The summed E-state index contributed by atoms with van der Waals surface area (Å²) in [6.07, 6.45) is 24.5. The van der Waals surface area contributed by atoms with E-state index in [2.05, 4.69) is 38.2 Å². The minimum atomic E-state index is 0.408. The lowest BCUT2D eigenvalue weighted by Crippen LogP contribution is -1.87. The van der Waals surface area contributed by atoms with Gasteiger partial charge in [-0.25, -0.2) is 0 Å². The Balaban J connectivity index is 1.89. The maximum atomic E-state index is 5.65. The fourth-order valence-corrected chi connectivity index (χ4v) is 2.47. The lowest BCUT2D eigenvalue weighted by molar-refractivity contribution is 0.389. The topological polar surface area (TPSA) is 12.5 Å². The van der Waals surface area contributed by atoms with Crippen LogP contribution in [0.3, 0.4) is 0 Å². The first kappa shape index (κ1) is 17.5. The van der Waals surface area contributed by atoms with Gasteiger partial charge in [-0.15, -0.1) is 0 Å². The van der Waals surface area contributed by atoms with Gasteiger partial charge in [0, 0.05) is 0 Å². The predicted octanol–water partition coefficient (Wildman–Crippen LogP) is 6.20. The summed E-state index contributed by atoms with van der Waals surface area (Å²) in [6, 6.07) is 0. The highest BCUT2D eigenvalue weighted by Gasteiger charge is 2.34. The second-order valence-electron chi connectivity index (χ2n) is 5.97. The first-order chi connectivity index (χ1) is 9.88. The summed E-state index contributed by atoms with van der Waals surface area (Å²) in [7, 11) is 0. The highest BCUT2D eigenvalue weighted by Crippen LogP contribution is 2.27. The molecule has 0 spiro atoms. The van der Waals surface area contributed by atoms with Crippen molar-refractivity contribution in [3.05, 3.63) is 24.3 Å². The monoisotopic (exact) mass is 278 g/mol. The third-order valence-corrected chi connectivity index (χ3v) is 3.93. The van der Waals surface area contributed by atoms with Crippen molar-refractivity contribution in [1.29, 1.82) is 0 Å². The van der Waals surface area contributed by atoms with Gasteiger partial charge >= 0.3 is 0 Å². The van der Waals surface area contributed by atoms with Crippen LogP contribution in [0.2, 0.25) is 0 Å². The van der Waals surface area contributed by atoms with Crippen molar-refractivity contribution >= 4 is 0 Å². The van der Waals surface area contributed by atoms with E-state index in [1.54, 1.807) is 0 Å². The molecule has 2 atom stereocenters.